The fourth-order valence-corrected chi connectivity index (χ4v) is 2.37. The van der Waals surface area contributed by atoms with Crippen molar-refractivity contribution in [2.75, 3.05) is 0 Å². The summed E-state index contributed by atoms with van der Waals surface area (Å²) in [6, 6.07) is 7.74. The van der Waals surface area contributed by atoms with Crippen LogP contribution in [0, 0.1) is 0 Å². The van der Waals surface area contributed by atoms with Crippen molar-refractivity contribution in [3.8, 4) is 0 Å². The average molecular weight is 239 g/mol. The topological polar surface area (TPSA) is 26.0 Å². The van der Waals surface area contributed by atoms with Gasteiger partial charge in [-0.3, -0.25) is 0 Å². The van der Waals surface area contributed by atoms with E-state index in [2.05, 4.69) is 20.8 Å². The zero-order valence-corrected chi connectivity index (χ0v) is 10.6. The lowest BCUT2D eigenvalue weighted by atomic mass is 9.69. The number of benzene rings is 1. The van der Waals surface area contributed by atoms with Gasteiger partial charge in [-0.15, -0.1) is 0 Å². The van der Waals surface area contributed by atoms with Crippen LogP contribution in [0.4, 0.5) is 8.78 Å². The molecular weight excluding hydrogens is 220 g/mol. The van der Waals surface area contributed by atoms with Crippen molar-refractivity contribution in [3.63, 3.8) is 0 Å². The fraction of sp³-hybridized carbons (Fsp3) is 0.571. The molecule has 0 spiro atoms. The van der Waals surface area contributed by atoms with E-state index in [4.69, 9.17) is 5.73 Å². The highest BCUT2D eigenvalue weighted by molar-refractivity contribution is 5.35. The van der Waals surface area contributed by atoms with Crippen LogP contribution in [-0.2, 0) is 11.0 Å². The Morgan fingerprint density at radius 2 is 1.76 bits per heavy atom. The molecule has 0 radical (unpaired) electrons. The molecule has 0 saturated heterocycles. The van der Waals surface area contributed by atoms with Crippen LogP contribution in [0.5, 0.6) is 0 Å². The molecule has 94 valence electrons. The molecule has 0 atom stereocenters. The number of hydrogen-bond acceptors (Lipinski definition) is 1. The lowest BCUT2D eigenvalue weighted by Gasteiger charge is -2.45. The highest BCUT2D eigenvalue weighted by atomic mass is 19.3. The van der Waals surface area contributed by atoms with Crippen molar-refractivity contribution in [1.82, 2.24) is 0 Å². The molecular formula is C14H19F2N. The third kappa shape index (κ3) is 2.34. The van der Waals surface area contributed by atoms with Crippen LogP contribution in [-0.4, -0.2) is 5.92 Å². The molecule has 0 amide bonds. The lowest BCUT2D eigenvalue weighted by Crippen LogP contribution is -2.55. The molecule has 0 bridgehead atoms. The van der Waals surface area contributed by atoms with Gasteiger partial charge >= 0.3 is 0 Å². The van der Waals surface area contributed by atoms with Crippen LogP contribution in [0.15, 0.2) is 24.3 Å². The normalized spacial score (nSPS) is 22.0. The maximum atomic E-state index is 13.0. The third-order valence-corrected chi connectivity index (χ3v) is 3.45. The minimum absolute atomic E-state index is 0.0125. The van der Waals surface area contributed by atoms with E-state index in [0.29, 0.717) is 0 Å². The summed E-state index contributed by atoms with van der Waals surface area (Å²) < 4.78 is 25.9. The van der Waals surface area contributed by atoms with Gasteiger partial charge in [-0.1, -0.05) is 45.0 Å². The Kier molecular flexibility index (Phi) is 2.58. The van der Waals surface area contributed by atoms with Gasteiger partial charge in [-0.05, 0) is 16.5 Å². The Bertz CT molecular complexity index is 424. The van der Waals surface area contributed by atoms with Crippen molar-refractivity contribution < 1.29 is 8.78 Å². The summed E-state index contributed by atoms with van der Waals surface area (Å²) in [5, 5.41) is 0. The Labute approximate surface area is 101 Å². The molecule has 1 aliphatic rings. The van der Waals surface area contributed by atoms with E-state index < -0.39 is 11.5 Å². The second-order valence-electron chi connectivity index (χ2n) is 6.20. The summed E-state index contributed by atoms with van der Waals surface area (Å²) in [5.41, 5.74) is 7.17. The number of rotatable bonds is 1. The molecule has 1 aromatic rings. The molecule has 1 saturated carbocycles. The van der Waals surface area contributed by atoms with E-state index in [1.807, 2.05) is 24.3 Å². The molecule has 1 fully saturated rings. The zero-order valence-electron chi connectivity index (χ0n) is 10.6. The van der Waals surface area contributed by atoms with E-state index in [9.17, 15) is 8.78 Å². The molecule has 17 heavy (non-hydrogen) atoms. The minimum Gasteiger partial charge on any atom is -0.321 e. The van der Waals surface area contributed by atoms with E-state index in [0.717, 1.165) is 11.1 Å². The average Bonchev–Trinajstić information content (AvgIpc) is 2.13. The van der Waals surface area contributed by atoms with E-state index in [-0.39, 0.29) is 18.3 Å². The first-order valence-corrected chi connectivity index (χ1v) is 5.90. The minimum atomic E-state index is -2.59. The summed E-state index contributed by atoms with van der Waals surface area (Å²) in [6.45, 7) is 6.31. The van der Waals surface area contributed by atoms with Crippen molar-refractivity contribution in [2.24, 2.45) is 5.73 Å². The first-order valence-electron chi connectivity index (χ1n) is 5.90. The summed E-state index contributed by atoms with van der Waals surface area (Å²) >= 11 is 0. The van der Waals surface area contributed by atoms with E-state index in [1.54, 1.807) is 0 Å². The lowest BCUT2D eigenvalue weighted by molar-refractivity contribution is -0.125. The quantitative estimate of drug-likeness (QED) is 0.796. The van der Waals surface area contributed by atoms with Crippen molar-refractivity contribution >= 4 is 0 Å². The van der Waals surface area contributed by atoms with Gasteiger partial charge in [0, 0.05) is 12.8 Å². The van der Waals surface area contributed by atoms with Gasteiger partial charge in [0.1, 0.15) is 0 Å². The largest absolute Gasteiger partial charge is 0.321 e. The first-order chi connectivity index (χ1) is 7.62. The smallest absolute Gasteiger partial charge is 0.252 e. The Balaban J connectivity index is 2.30. The second-order valence-corrected chi connectivity index (χ2v) is 6.20. The highest BCUT2D eigenvalue weighted by Gasteiger charge is 2.55. The van der Waals surface area contributed by atoms with Crippen molar-refractivity contribution in [3.05, 3.63) is 35.4 Å². The predicted molar refractivity (Wildman–Crippen MR) is 65.2 cm³/mol. The molecule has 0 unspecified atom stereocenters. The monoisotopic (exact) mass is 239 g/mol. The second kappa shape index (κ2) is 3.52. The molecule has 2 rings (SSSR count). The van der Waals surface area contributed by atoms with Crippen LogP contribution >= 0.6 is 0 Å². The van der Waals surface area contributed by atoms with E-state index in [1.165, 1.54) is 0 Å². The molecule has 0 aromatic heterocycles. The fourth-order valence-electron chi connectivity index (χ4n) is 2.37. The van der Waals surface area contributed by atoms with Crippen LogP contribution < -0.4 is 5.73 Å². The third-order valence-electron chi connectivity index (χ3n) is 3.45. The van der Waals surface area contributed by atoms with Gasteiger partial charge in [-0.2, -0.15) is 0 Å². The number of halogens is 2. The number of hydrogen-bond donors (Lipinski definition) is 1. The van der Waals surface area contributed by atoms with Gasteiger partial charge < -0.3 is 5.73 Å². The molecule has 1 aromatic carbocycles. The maximum Gasteiger partial charge on any atom is 0.252 e. The van der Waals surface area contributed by atoms with Crippen LogP contribution in [0.25, 0.3) is 0 Å². The summed E-state index contributed by atoms with van der Waals surface area (Å²) in [6.07, 6.45) is -0.485. The standard InChI is InChI=1S/C14H19F2N/c1-12(2,3)10-5-4-6-11(7-10)13(17)8-14(15,16)9-13/h4-7H,8-9,17H2,1-3H3. The Hall–Kier alpha value is -0.960. The molecule has 2 N–H and O–H groups in total. The summed E-state index contributed by atoms with van der Waals surface area (Å²) in [7, 11) is 0. The SMILES string of the molecule is CC(C)(C)c1cccc(C2(N)CC(F)(F)C2)c1. The van der Waals surface area contributed by atoms with Gasteiger partial charge in [0.25, 0.3) is 5.92 Å². The molecule has 1 aliphatic carbocycles. The van der Waals surface area contributed by atoms with Gasteiger partial charge in [0.15, 0.2) is 0 Å². The maximum absolute atomic E-state index is 13.0. The highest BCUT2D eigenvalue weighted by Crippen LogP contribution is 2.50. The first kappa shape index (κ1) is 12.5. The Morgan fingerprint density at radius 1 is 1.18 bits per heavy atom. The van der Waals surface area contributed by atoms with Gasteiger partial charge in [0.2, 0.25) is 0 Å². The van der Waals surface area contributed by atoms with Crippen LogP contribution in [0.2, 0.25) is 0 Å². The molecule has 1 nitrogen and oxygen atoms in total. The number of alkyl halides is 2. The molecule has 0 heterocycles. The summed E-state index contributed by atoms with van der Waals surface area (Å²) in [4.78, 5) is 0. The van der Waals surface area contributed by atoms with Gasteiger partial charge in [-0.25, -0.2) is 8.78 Å². The van der Waals surface area contributed by atoms with Gasteiger partial charge in [0.05, 0.1) is 5.54 Å². The molecule has 0 aliphatic heterocycles. The van der Waals surface area contributed by atoms with Crippen molar-refractivity contribution in [1.29, 1.82) is 0 Å². The Morgan fingerprint density at radius 3 is 2.24 bits per heavy atom. The molecule has 3 heteroatoms. The summed E-state index contributed by atoms with van der Waals surface area (Å²) in [5.74, 6) is -2.59. The zero-order chi connectivity index (χ0) is 12.9. The van der Waals surface area contributed by atoms with Crippen molar-refractivity contribution in [2.45, 2.75) is 50.5 Å². The van der Waals surface area contributed by atoms with Crippen LogP contribution in [0.1, 0.15) is 44.7 Å². The van der Waals surface area contributed by atoms with E-state index >= 15 is 0 Å². The van der Waals surface area contributed by atoms with Crippen LogP contribution in [0.3, 0.4) is 0 Å². The predicted octanol–water partition coefficient (Wildman–Crippen LogP) is 3.57. The number of nitrogens with two attached hydrogens (primary N) is 1.